The van der Waals surface area contributed by atoms with Crippen LogP contribution in [0.4, 0.5) is 10.3 Å². The van der Waals surface area contributed by atoms with Crippen molar-refractivity contribution in [2.75, 3.05) is 18.8 Å². The van der Waals surface area contributed by atoms with Gasteiger partial charge < -0.3 is 14.6 Å². The second kappa shape index (κ2) is 9.87. The summed E-state index contributed by atoms with van der Waals surface area (Å²) in [6.45, 7) is 0.715. The molecule has 0 saturated heterocycles. The van der Waals surface area contributed by atoms with Gasteiger partial charge in [0.2, 0.25) is 5.91 Å². The number of rotatable bonds is 7. The zero-order valence-electron chi connectivity index (χ0n) is 17.7. The molecule has 3 heterocycles. The van der Waals surface area contributed by atoms with Crippen molar-refractivity contribution in [2.45, 2.75) is 13.0 Å². The minimum Gasteiger partial charge on any atom is -0.395 e. The number of thiol groups is 1. The zero-order valence-corrected chi connectivity index (χ0v) is 18.6. The fourth-order valence-corrected chi connectivity index (χ4v) is 3.56. The summed E-state index contributed by atoms with van der Waals surface area (Å²) in [4.78, 5) is 35.3. The first-order valence-corrected chi connectivity index (χ1v) is 10.8. The Kier molecular flexibility index (Phi) is 6.72. The summed E-state index contributed by atoms with van der Waals surface area (Å²) in [5.41, 5.74) is 2.13. The number of benzene rings is 1. The summed E-state index contributed by atoms with van der Waals surface area (Å²) >= 11 is 3.88. The van der Waals surface area contributed by atoms with E-state index in [0.29, 0.717) is 29.9 Å². The molecule has 1 aromatic carbocycles. The van der Waals surface area contributed by atoms with Crippen molar-refractivity contribution in [3.8, 4) is 5.69 Å². The molecule has 0 saturated carbocycles. The van der Waals surface area contributed by atoms with Gasteiger partial charge in [0.05, 0.1) is 30.2 Å². The van der Waals surface area contributed by atoms with Crippen LogP contribution in [0.15, 0.2) is 47.0 Å². The Morgan fingerprint density at radius 3 is 2.76 bits per heavy atom. The molecule has 1 aliphatic heterocycles. The van der Waals surface area contributed by atoms with E-state index in [1.807, 2.05) is 0 Å². The van der Waals surface area contributed by atoms with E-state index in [0.717, 1.165) is 11.6 Å². The molecule has 0 spiro atoms. The van der Waals surface area contributed by atoms with Crippen LogP contribution in [-0.4, -0.2) is 55.5 Å². The SMILES string of the molecule is O=C(CS)NCc1cn(-c2ccc(C3=CCN(C(=O)c4ccc([N+](=O)[O-])o4)CC3)c(F)c2)nn1. The Bertz CT molecular complexity index is 1290. The van der Waals surface area contributed by atoms with Crippen molar-refractivity contribution in [1.29, 1.82) is 0 Å². The van der Waals surface area contributed by atoms with Crippen molar-refractivity contribution in [2.24, 2.45) is 0 Å². The first-order valence-electron chi connectivity index (χ1n) is 10.2. The lowest BCUT2D eigenvalue weighted by atomic mass is 9.98. The molecule has 0 unspecified atom stereocenters. The monoisotopic (exact) mass is 486 g/mol. The molecule has 2 amide bonds. The van der Waals surface area contributed by atoms with Crippen LogP contribution >= 0.6 is 12.6 Å². The average molecular weight is 486 g/mol. The highest BCUT2D eigenvalue weighted by molar-refractivity contribution is 7.81. The summed E-state index contributed by atoms with van der Waals surface area (Å²) in [7, 11) is 0. The maximum Gasteiger partial charge on any atom is 0.433 e. The van der Waals surface area contributed by atoms with Gasteiger partial charge in [-0.3, -0.25) is 19.7 Å². The van der Waals surface area contributed by atoms with Gasteiger partial charge in [0.25, 0.3) is 5.91 Å². The number of carbonyl (C=O) groups is 2. The van der Waals surface area contributed by atoms with Gasteiger partial charge >= 0.3 is 5.88 Å². The van der Waals surface area contributed by atoms with Crippen LogP contribution in [-0.2, 0) is 11.3 Å². The van der Waals surface area contributed by atoms with Gasteiger partial charge in [-0.2, -0.15) is 12.6 Å². The fraction of sp³-hybridized carbons (Fsp3) is 0.238. The van der Waals surface area contributed by atoms with Gasteiger partial charge in [0.1, 0.15) is 16.4 Å². The highest BCUT2D eigenvalue weighted by Crippen LogP contribution is 2.27. The number of hydrogen-bond donors (Lipinski definition) is 2. The van der Waals surface area contributed by atoms with E-state index in [9.17, 15) is 24.1 Å². The number of amides is 2. The highest BCUT2D eigenvalue weighted by Gasteiger charge is 2.25. The standard InChI is InChI=1S/C21H19FN6O5S/c22-17-9-15(27-11-14(24-25-27)10-23-19(29)12-34)1-2-16(17)13-5-7-26(8-6-13)21(30)18-3-4-20(33-18)28(31)32/h1-5,9,11,34H,6-8,10,12H2,(H,23,29). The normalized spacial score (nSPS) is 13.5. The van der Waals surface area contributed by atoms with Crippen LogP contribution in [0.5, 0.6) is 0 Å². The van der Waals surface area contributed by atoms with Gasteiger partial charge in [-0.25, -0.2) is 9.07 Å². The molecule has 0 fully saturated rings. The number of furan rings is 1. The lowest BCUT2D eigenvalue weighted by molar-refractivity contribution is -0.402. The number of nitrogens with zero attached hydrogens (tertiary/aromatic N) is 5. The van der Waals surface area contributed by atoms with Crippen molar-refractivity contribution in [1.82, 2.24) is 25.2 Å². The molecule has 0 atom stereocenters. The first kappa shape index (κ1) is 23.2. The number of nitrogens with one attached hydrogen (secondary N) is 1. The van der Waals surface area contributed by atoms with Crippen LogP contribution in [0.1, 0.15) is 28.2 Å². The van der Waals surface area contributed by atoms with Gasteiger partial charge in [0, 0.05) is 24.7 Å². The number of aromatic nitrogens is 3. The second-order valence-electron chi connectivity index (χ2n) is 7.38. The number of carbonyl (C=O) groups excluding carboxylic acids is 2. The summed E-state index contributed by atoms with van der Waals surface area (Å²) in [6.07, 6.45) is 3.74. The molecule has 3 aromatic rings. The maximum absolute atomic E-state index is 14.9. The Hall–Kier alpha value is -4.00. The zero-order chi connectivity index (χ0) is 24.2. The highest BCUT2D eigenvalue weighted by atomic mass is 32.1. The summed E-state index contributed by atoms with van der Waals surface area (Å²) in [5, 5.41) is 21.3. The van der Waals surface area contributed by atoms with Crippen molar-refractivity contribution < 1.29 is 23.3 Å². The van der Waals surface area contributed by atoms with Crippen LogP contribution < -0.4 is 5.32 Å². The third kappa shape index (κ3) is 4.98. The molecule has 1 N–H and O–H groups in total. The van der Waals surface area contributed by atoms with E-state index in [1.165, 1.54) is 21.7 Å². The lowest BCUT2D eigenvalue weighted by Crippen LogP contribution is -2.34. The third-order valence-corrected chi connectivity index (χ3v) is 5.48. The predicted molar refractivity (Wildman–Crippen MR) is 121 cm³/mol. The second-order valence-corrected chi connectivity index (χ2v) is 7.70. The Balaban J connectivity index is 1.43. The Morgan fingerprint density at radius 1 is 1.29 bits per heavy atom. The minimum atomic E-state index is -0.709. The molecule has 176 valence electrons. The predicted octanol–water partition coefficient (Wildman–Crippen LogP) is 2.38. The topological polar surface area (TPSA) is 136 Å². The van der Waals surface area contributed by atoms with Gasteiger partial charge in [-0.1, -0.05) is 11.3 Å². The summed E-state index contributed by atoms with van der Waals surface area (Å²) in [5.74, 6) is -1.71. The number of nitro groups is 1. The molecule has 13 heteroatoms. The smallest absolute Gasteiger partial charge is 0.395 e. The molecule has 4 rings (SSSR count). The molecule has 0 bridgehead atoms. The largest absolute Gasteiger partial charge is 0.433 e. The molecule has 1 aliphatic rings. The van der Waals surface area contributed by atoms with Crippen molar-refractivity contribution >= 4 is 35.9 Å². The average Bonchev–Trinajstić information content (AvgIpc) is 3.52. The Labute approximate surface area is 197 Å². The summed E-state index contributed by atoms with van der Waals surface area (Å²) < 4.78 is 21.3. The quantitative estimate of drug-likeness (QED) is 0.297. The van der Waals surface area contributed by atoms with Crippen LogP contribution in [0.3, 0.4) is 0 Å². The molecular formula is C21H19FN6O5S. The van der Waals surface area contributed by atoms with Gasteiger partial charge in [-0.05, 0) is 30.2 Å². The van der Waals surface area contributed by atoms with Crippen molar-refractivity contribution in [3.05, 3.63) is 75.6 Å². The van der Waals surface area contributed by atoms with E-state index in [4.69, 9.17) is 4.42 Å². The van der Waals surface area contributed by atoms with E-state index in [2.05, 4.69) is 28.3 Å². The fourth-order valence-electron chi connectivity index (χ4n) is 3.45. The van der Waals surface area contributed by atoms with Gasteiger partial charge in [-0.15, -0.1) is 5.10 Å². The van der Waals surface area contributed by atoms with E-state index >= 15 is 0 Å². The molecule has 0 aliphatic carbocycles. The number of halogens is 1. The maximum atomic E-state index is 14.9. The molecule has 11 nitrogen and oxygen atoms in total. The van der Waals surface area contributed by atoms with Crippen LogP contribution in [0.2, 0.25) is 0 Å². The van der Waals surface area contributed by atoms with E-state index < -0.39 is 22.5 Å². The third-order valence-electron chi connectivity index (χ3n) is 5.19. The molecular weight excluding hydrogens is 467 g/mol. The van der Waals surface area contributed by atoms with Crippen LogP contribution in [0, 0.1) is 15.9 Å². The van der Waals surface area contributed by atoms with Crippen LogP contribution in [0.25, 0.3) is 11.3 Å². The Morgan fingerprint density at radius 2 is 2.12 bits per heavy atom. The molecule has 0 radical (unpaired) electrons. The van der Waals surface area contributed by atoms with E-state index in [1.54, 1.807) is 24.4 Å². The van der Waals surface area contributed by atoms with Gasteiger partial charge in [0.15, 0.2) is 5.76 Å². The van der Waals surface area contributed by atoms with E-state index in [-0.39, 0.29) is 30.5 Å². The molecule has 34 heavy (non-hydrogen) atoms. The number of hydrogen-bond acceptors (Lipinski definition) is 8. The van der Waals surface area contributed by atoms with Crippen molar-refractivity contribution in [3.63, 3.8) is 0 Å². The lowest BCUT2D eigenvalue weighted by Gasteiger charge is -2.26. The first-order chi connectivity index (χ1) is 16.4. The summed E-state index contributed by atoms with van der Waals surface area (Å²) in [6, 6.07) is 7.06. The molecule has 2 aromatic heterocycles. The minimum absolute atomic E-state index is 0.0635.